The number of carboxylic acid groups (broad SMARTS) is 1. The van der Waals surface area contributed by atoms with Gasteiger partial charge in [0, 0.05) is 22.9 Å². The third-order valence-electron chi connectivity index (χ3n) is 5.27. The lowest BCUT2D eigenvalue weighted by Crippen LogP contribution is -2.22. The smallest absolute Gasteiger partial charge is 0.330 e. The number of ether oxygens (including phenoxy) is 4. The van der Waals surface area contributed by atoms with E-state index in [-0.39, 0.29) is 12.4 Å². The Labute approximate surface area is 208 Å². The number of aliphatic carboxylic acids is 1. The molecular weight excluding hydrogens is 466 g/mol. The number of anilines is 1. The molecular formula is C26H29N3O7. The number of carbonyl (C=O) groups is 1. The van der Waals surface area contributed by atoms with Gasteiger partial charge in [-0.1, -0.05) is 30.3 Å². The van der Waals surface area contributed by atoms with Gasteiger partial charge in [0.15, 0.2) is 17.5 Å². The molecule has 0 saturated heterocycles. The molecule has 3 aromatic carbocycles. The van der Waals surface area contributed by atoms with Gasteiger partial charge in [-0.15, -0.1) is 0 Å². The second kappa shape index (κ2) is 13.0. The number of nitrogens with one attached hydrogen (secondary N) is 3. The third-order valence-corrected chi connectivity index (χ3v) is 5.27. The zero-order valence-electron chi connectivity index (χ0n) is 20.0. The van der Waals surface area contributed by atoms with Gasteiger partial charge >= 0.3 is 5.97 Å². The Morgan fingerprint density at radius 3 is 2.22 bits per heavy atom. The minimum absolute atomic E-state index is 0.179. The van der Waals surface area contributed by atoms with Crippen LogP contribution in [-0.2, 0) is 16.1 Å². The van der Waals surface area contributed by atoms with Gasteiger partial charge in [0.1, 0.15) is 18.2 Å². The van der Waals surface area contributed by atoms with E-state index in [0.29, 0.717) is 47.3 Å². The van der Waals surface area contributed by atoms with Crippen LogP contribution in [0, 0.1) is 5.41 Å². The quantitative estimate of drug-likeness (QED) is 0.103. The highest BCUT2D eigenvalue weighted by atomic mass is 16.5. The van der Waals surface area contributed by atoms with Crippen molar-refractivity contribution < 1.29 is 34.1 Å². The topological polar surface area (TPSA) is 142 Å². The molecule has 0 aliphatic rings. The molecule has 0 spiro atoms. The highest BCUT2D eigenvalue weighted by Gasteiger charge is 2.26. The van der Waals surface area contributed by atoms with E-state index in [9.17, 15) is 9.90 Å². The minimum Gasteiger partial charge on any atom is -0.493 e. The molecule has 0 bridgehead atoms. The van der Waals surface area contributed by atoms with Crippen molar-refractivity contribution in [2.45, 2.75) is 12.6 Å². The highest BCUT2D eigenvalue weighted by Crippen LogP contribution is 2.39. The molecule has 0 heterocycles. The number of hydroxylamine groups is 1. The summed E-state index contributed by atoms with van der Waals surface area (Å²) in [4.78, 5) is 12.3. The summed E-state index contributed by atoms with van der Waals surface area (Å²) in [7, 11) is 2.95. The van der Waals surface area contributed by atoms with Crippen LogP contribution in [0.4, 0.5) is 5.69 Å². The Morgan fingerprint density at radius 1 is 0.944 bits per heavy atom. The van der Waals surface area contributed by atoms with Gasteiger partial charge in [0.25, 0.3) is 0 Å². The van der Waals surface area contributed by atoms with E-state index in [2.05, 4.69) is 5.32 Å². The van der Waals surface area contributed by atoms with E-state index < -0.39 is 12.0 Å². The summed E-state index contributed by atoms with van der Waals surface area (Å²) in [5, 5.41) is 29.5. The minimum atomic E-state index is -1.19. The molecule has 10 nitrogen and oxygen atoms in total. The standard InChI is InChI=1S/C26H29N3O7/c1-33-22-14-20(24(26(30)31)28-19-10-8-18(9-11-19)25(27)29-32)21(15-23(22)34-2)36-13-12-35-16-17-6-4-3-5-7-17/h3-11,14-15,24,28,32H,12-13,16H2,1-2H3,(H2,27,29)(H,30,31). The van der Waals surface area contributed by atoms with E-state index in [1.807, 2.05) is 30.3 Å². The van der Waals surface area contributed by atoms with Crippen molar-refractivity contribution in [2.75, 3.05) is 32.8 Å². The Balaban J connectivity index is 1.79. The largest absolute Gasteiger partial charge is 0.493 e. The molecule has 0 aromatic heterocycles. The molecule has 0 amide bonds. The van der Waals surface area contributed by atoms with Crippen LogP contribution in [0.5, 0.6) is 17.2 Å². The lowest BCUT2D eigenvalue weighted by atomic mass is 10.0. The molecule has 1 unspecified atom stereocenters. The van der Waals surface area contributed by atoms with Crippen molar-refractivity contribution >= 4 is 17.5 Å². The highest BCUT2D eigenvalue weighted by molar-refractivity contribution is 5.95. The average molecular weight is 496 g/mol. The molecule has 36 heavy (non-hydrogen) atoms. The summed E-state index contributed by atoms with van der Waals surface area (Å²) < 4.78 is 22.3. The zero-order valence-corrected chi connectivity index (χ0v) is 20.0. The molecule has 190 valence electrons. The van der Waals surface area contributed by atoms with Crippen molar-refractivity contribution in [2.24, 2.45) is 0 Å². The Kier molecular flexibility index (Phi) is 9.49. The summed E-state index contributed by atoms with van der Waals surface area (Å²) in [5.41, 5.74) is 4.06. The van der Waals surface area contributed by atoms with Gasteiger partial charge in [0.05, 0.1) is 27.4 Å². The van der Waals surface area contributed by atoms with Crippen LogP contribution in [0.15, 0.2) is 66.7 Å². The normalized spacial score (nSPS) is 11.3. The first-order valence-electron chi connectivity index (χ1n) is 11.1. The maximum atomic E-state index is 12.3. The van der Waals surface area contributed by atoms with Gasteiger partial charge in [-0.25, -0.2) is 4.79 Å². The van der Waals surface area contributed by atoms with Crippen molar-refractivity contribution in [3.63, 3.8) is 0 Å². The Bertz CT molecular complexity index is 1150. The molecule has 0 radical (unpaired) electrons. The fraction of sp³-hybridized carbons (Fsp3) is 0.231. The van der Waals surface area contributed by atoms with E-state index in [1.165, 1.54) is 14.2 Å². The van der Waals surface area contributed by atoms with Crippen LogP contribution in [0.1, 0.15) is 22.7 Å². The monoisotopic (exact) mass is 495 g/mol. The van der Waals surface area contributed by atoms with Crippen LogP contribution in [0.2, 0.25) is 0 Å². The summed E-state index contributed by atoms with van der Waals surface area (Å²) >= 11 is 0. The number of hydrogen-bond donors (Lipinski definition) is 5. The third kappa shape index (κ3) is 6.87. The van der Waals surface area contributed by atoms with Crippen LogP contribution in [0.25, 0.3) is 0 Å². The van der Waals surface area contributed by atoms with Crippen molar-refractivity contribution in [1.82, 2.24) is 5.48 Å². The second-order valence-corrected chi connectivity index (χ2v) is 7.61. The Morgan fingerprint density at radius 2 is 1.61 bits per heavy atom. The van der Waals surface area contributed by atoms with Crippen molar-refractivity contribution in [3.05, 3.63) is 83.4 Å². The van der Waals surface area contributed by atoms with E-state index in [0.717, 1.165) is 5.56 Å². The first kappa shape index (κ1) is 26.3. The molecule has 1 atom stereocenters. The van der Waals surface area contributed by atoms with Crippen LogP contribution in [-0.4, -0.2) is 49.6 Å². The first-order valence-corrected chi connectivity index (χ1v) is 11.1. The van der Waals surface area contributed by atoms with Crippen LogP contribution >= 0.6 is 0 Å². The molecule has 0 saturated carbocycles. The number of benzene rings is 3. The van der Waals surface area contributed by atoms with Crippen LogP contribution in [0.3, 0.4) is 0 Å². The zero-order chi connectivity index (χ0) is 25.9. The van der Waals surface area contributed by atoms with Gasteiger partial charge in [0.2, 0.25) is 0 Å². The molecule has 5 N–H and O–H groups in total. The van der Waals surface area contributed by atoms with Gasteiger partial charge in [-0.3, -0.25) is 16.1 Å². The molecule has 10 heteroatoms. The number of methoxy groups -OCH3 is 2. The predicted octanol–water partition coefficient (Wildman–Crippen LogP) is 3.84. The summed E-state index contributed by atoms with van der Waals surface area (Å²) in [5.74, 6) is -0.266. The summed E-state index contributed by atoms with van der Waals surface area (Å²) in [6.07, 6.45) is 0. The number of rotatable bonds is 13. The van der Waals surface area contributed by atoms with Crippen molar-refractivity contribution in [3.8, 4) is 17.2 Å². The Hall–Kier alpha value is -4.28. The SMILES string of the molecule is COc1cc(OCCOCc2ccccc2)c(C(Nc2ccc(C(=N)NO)cc2)C(=O)O)cc1OC. The fourth-order valence-electron chi connectivity index (χ4n) is 3.44. The van der Waals surface area contributed by atoms with Gasteiger partial charge in [-0.05, 0) is 35.9 Å². The molecule has 3 rings (SSSR count). The van der Waals surface area contributed by atoms with Gasteiger partial charge in [-0.2, -0.15) is 0 Å². The summed E-state index contributed by atoms with van der Waals surface area (Å²) in [6, 6.07) is 18.0. The second-order valence-electron chi connectivity index (χ2n) is 7.61. The molecule has 0 aliphatic heterocycles. The van der Waals surface area contributed by atoms with Crippen molar-refractivity contribution in [1.29, 1.82) is 5.41 Å². The van der Waals surface area contributed by atoms with Gasteiger partial charge < -0.3 is 29.4 Å². The number of carboxylic acids is 1. The predicted molar refractivity (Wildman–Crippen MR) is 133 cm³/mol. The number of hydrogen-bond acceptors (Lipinski definition) is 8. The van der Waals surface area contributed by atoms with E-state index >= 15 is 0 Å². The molecule has 0 aliphatic carbocycles. The average Bonchev–Trinajstić information content (AvgIpc) is 2.91. The molecule has 3 aromatic rings. The summed E-state index contributed by atoms with van der Waals surface area (Å²) in [6.45, 7) is 0.911. The lowest BCUT2D eigenvalue weighted by Gasteiger charge is -2.22. The van der Waals surface area contributed by atoms with E-state index in [1.54, 1.807) is 41.9 Å². The molecule has 0 fully saturated rings. The van der Waals surface area contributed by atoms with Crippen LogP contribution < -0.4 is 25.0 Å². The fourth-order valence-corrected chi connectivity index (χ4v) is 3.44. The number of amidine groups is 1. The lowest BCUT2D eigenvalue weighted by molar-refractivity contribution is -0.138. The maximum absolute atomic E-state index is 12.3. The van der Waals surface area contributed by atoms with E-state index in [4.69, 9.17) is 29.6 Å². The first-order chi connectivity index (χ1) is 17.5. The maximum Gasteiger partial charge on any atom is 0.330 e.